The molecule has 1 aliphatic heterocycles. The van der Waals surface area contributed by atoms with Crippen LogP contribution in [0, 0.1) is 0 Å². The molecule has 0 radical (unpaired) electrons. The zero-order valence-electron chi connectivity index (χ0n) is 16.6. The minimum atomic E-state index is -2.51. The van der Waals surface area contributed by atoms with Crippen LogP contribution in [-0.4, -0.2) is 39.7 Å². The molecule has 1 saturated heterocycles. The van der Waals surface area contributed by atoms with E-state index in [2.05, 4.69) is 86.8 Å². The Bertz CT molecular complexity index is 681. The minimum absolute atomic E-state index is 0.00611. The molecule has 1 N–H and O–H groups in total. The Morgan fingerprint density at radius 2 is 1.56 bits per heavy atom. The summed E-state index contributed by atoms with van der Waals surface area (Å²) in [5.41, 5.74) is 0. The van der Waals surface area contributed by atoms with Crippen molar-refractivity contribution in [2.24, 2.45) is 0 Å². The Hall–Kier alpha value is -1.17. The second kappa shape index (κ2) is 8.46. The molecule has 3 rings (SSSR count). The molecular weight excluding hydrogens is 374 g/mol. The first-order valence-corrected chi connectivity index (χ1v) is 11.9. The average molecular weight is 404 g/mol. The van der Waals surface area contributed by atoms with E-state index in [1.165, 1.54) is 10.4 Å². The Morgan fingerprint density at radius 1 is 1.04 bits per heavy atom. The maximum absolute atomic E-state index is 6.92. The fourth-order valence-corrected chi connectivity index (χ4v) is 9.03. The van der Waals surface area contributed by atoms with Gasteiger partial charge in [0, 0.05) is 0 Å². The van der Waals surface area contributed by atoms with Crippen LogP contribution in [0.1, 0.15) is 27.2 Å². The first-order valence-electron chi connectivity index (χ1n) is 9.60. The van der Waals surface area contributed by atoms with Gasteiger partial charge in [-0.05, 0) is 28.9 Å². The molecule has 27 heavy (non-hydrogen) atoms. The van der Waals surface area contributed by atoms with Crippen molar-refractivity contribution in [2.75, 3.05) is 13.7 Å². The van der Waals surface area contributed by atoms with Gasteiger partial charge in [-0.2, -0.15) is 0 Å². The number of benzene rings is 2. The monoisotopic (exact) mass is 403 g/mol. The quantitative estimate of drug-likeness (QED) is 0.591. The summed E-state index contributed by atoms with van der Waals surface area (Å²) in [5.74, 6) is 0. The van der Waals surface area contributed by atoms with Gasteiger partial charge < -0.3 is 9.16 Å². The lowest BCUT2D eigenvalue weighted by Gasteiger charge is -2.43. The second-order valence-electron chi connectivity index (χ2n) is 8.19. The van der Waals surface area contributed by atoms with Gasteiger partial charge in [0.1, 0.15) is 6.23 Å². The van der Waals surface area contributed by atoms with Gasteiger partial charge in [0.05, 0.1) is 18.1 Å². The lowest BCUT2D eigenvalue weighted by Crippen LogP contribution is -2.67. The highest BCUT2D eigenvalue weighted by molar-refractivity contribution is 6.99. The molecule has 2 aromatic rings. The van der Waals surface area contributed by atoms with Crippen LogP contribution < -0.4 is 15.7 Å². The molecule has 0 aromatic heterocycles. The van der Waals surface area contributed by atoms with E-state index in [1.54, 1.807) is 0 Å². The zero-order valence-corrected chi connectivity index (χ0v) is 18.4. The molecule has 1 fully saturated rings. The van der Waals surface area contributed by atoms with Crippen molar-refractivity contribution in [1.29, 1.82) is 0 Å². The standard InChI is InChI=1S/C22H30ClNO2Si/c1-22(2,3)27(18-11-7-5-8-12-18,19-13-9-6-10-14-19)25-16-17-15-20(23)21(24-4)26-17/h5-14,17,20-21,24H,15-16H2,1-4H3. The Balaban J connectivity index is 1.97. The number of nitrogens with one attached hydrogen (secondary N) is 1. The molecule has 0 saturated carbocycles. The molecule has 3 atom stereocenters. The minimum Gasteiger partial charge on any atom is -0.405 e. The summed E-state index contributed by atoms with van der Waals surface area (Å²) in [6.45, 7) is 7.41. The summed E-state index contributed by atoms with van der Waals surface area (Å²) < 4.78 is 13.0. The third-order valence-electron chi connectivity index (χ3n) is 5.34. The number of halogens is 1. The zero-order chi connectivity index (χ0) is 19.5. The fourth-order valence-electron chi connectivity index (χ4n) is 4.06. The maximum atomic E-state index is 6.92. The fraction of sp³-hybridized carbons (Fsp3) is 0.455. The van der Waals surface area contributed by atoms with Gasteiger partial charge in [-0.1, -0.05) is 81.4 Å². The van der Waals surface area contributed by atoms with E-state index in [0.717, 1.165) is 6.42 Å². The van der Waals surface area contributed by atoms with E-state index in [1.807, 2.05) is 7.05 Å². The normalized spacial score (nSPS) is 23.5. The average Bonchev–Trinajstić information content (AvgIpc) is 3.03. The van der Waals surface area contributed by atoms with Crippen molar-refractivity contribution < 1.29 is 9.16 Å². The molecule has 0 amide bonds. The van der Waals surface area contributed by atoms with Crippen LogP contribution in [0.4, 0.5) is 0 Å². The highest BCUT2D eigenvalue weighted by Gasteiger charge is 2.50. The van der Waals surface area contributed by atoms with Crippen LogP contribution in [-0.2, 0) is 9.16 Å². The first kappa shape index (κ1) is 20.6. The van der Waals surface area contributed by atoms with Crippen LogP contribution in [0.15, 0.2) is 60.7 Å². The van der Waals surface area contributed by atoms with Gasteiger partial charge in [0.2, 0.25) is 0 Å². The summed E-state index contributed by atoms with van der Waals surface area (Å²) in [4.78, 5) is 0. The summed E-state index contributed by atoms with van der Waals surface area (Å²) in [5, 5.41) is 5.65. The van der Waals surface area contributed by atoms with Crippen molar-refractivity contribution in [3.05, 3.63) is 60.7 Å². The van der Waals surface area contributed by atoms with E-state index in [0.29, 0.717) is 6.61 Å². The van der Waals surface area contributed by atoms with Gasteiger partial charge >= 0.3 is 0 Å². The number of hydrogen-bond donors (Lipinski definition) is 1. The maximum Gasteiger partial charge on any atom is 0.261 e. The van der Waals surface area contributed by atoms with Crippen LogP contribution in [0.2, 0.25) is 5.04 Å². The van der Waals surface area contributed by atoms with Crippen LogP contribution in [0.25, 0.3) is 0 Å². The molecule has 0 aliphatic carbocycles. The topological polar surface area (TPSA) is 30.5 Å². The summed E-state index contributed by atoms with van der Waals surface area (Å²) in [7, 11) is -0.634. The Kier molecular flexibility index (Phi) is 6.44. The van der Waals surface area contributed by atoms with Crippen LogP contribution >= 0.6 is 11.6 Å². The Morgan fingerprint density at radius 3 is 1.96 bits per heavy atom. The number of ether oxygens (including phenoxy) is 1. The molecule has 5 heteroatoms. The highest BCUT2D eigenvalue weighted by Crippen LogP contribution is 2.37. The van der Waals surface area contributed by atoms with Crippen LogP contribution in [0.5, 0.6) is 0 Å². The molecular formula is C22H30ClNO2Si. The molecule has 1 aliphatic rings. The summed E-state index contributed by atoms with van der Waals surface area (Å²) in [6, 6.07) is 21.4. The second-order valence-corrected chi connectivity index (χ2v) is 13.1. The van der Waals surface area contributed by atoms with Crippen molar-refractivity contribution in [3.8, 4) is 0 Å². The van der Waals surface area contributed by atoms with E-state index >= 15 is 0 Å². The number of rotatable bonds is 6. The Labute approximate surface area is 169 Å². The van der Waals surface area contributed by atoms with E-state index < -0.39 is 8.32 Å². The SMILES string of the molecule is CNC1OC(CO[Si](c2ccccc2)(c2ccccc2)C(C)(C)C)CC1Cl. The van der Waals surface area contributed by atoms with Gasteiger partial charge in [-0.15, -0.1) is 11.6 Å². The number of alkyl halides is 1. The summed E-state index contributed by atoms with van der Waals surface area (Å²) in [6.07, 6.45) is 0.691. The van der Waals surface area contributed by atoms with Gasteiger partial charge in [-0.25, -0.2) is 0 Å². The molecule has 2 aromatic carbocycles. The summed E-state index contributed by atoms with van der Waals surface area (Å²) >= 11 is 6.42. The van der Waals surface area contributed by atoms with Crippen molar-refractivity contribution in [1.82, 2.24) is 5.32 Å². The molecule has 1 heterocycles. The smallest absolute Gasteiger partial charge is 0.261 e. The van der Waals surface area contributed by atoms with Gasteiger partial charge in [0.15, 0.2) is 0 Å². The molecule has 0 spiro atoms. The third-order valence-corrected chi connectivity index (χ3v) is 10.8. The predicted octanol–water partition coefficient (Wildman–Crippen LogP) is 3.50. The van der Waals surface area contributed by atoms with Crippen molar-refractivity contribution >= 4 is 30.3 Å². The van der Waals surface area contributed by atoms with Crippen molar-refractivity contribution in [3.63, 3.8) is 0 Å². The molecule has 3 unspecified atom stereocenters. The van der Waals surface area contributed by atoms with E-state index in [4.69, 9.17) is 20.8 Å². The lowest BCUT2D eigenvalue weighted by molar-refractivity contribution is 0.00481. The van der Waals surface area contributed by atoms with E-state index in [9.17, 15) is 0 Å². The van der Waals surface area contributed by atoms with Crippen molar-refractivity contribution in [2.45, 2.75) is 49.9 Å². The highest BCUT2D eigenvalue weighted by atomic mass is 35.5. The van der Waals surface area contributed by atoms with Gasteiger partial charge in [0.25, 0.3) is 8.32 Å². The molecule has 0 bridgehead atoms. The molecule has 3 nitrogen and oxygen atoms in total. The molecule has 146 valence electrons. The predicted molar refractivity (Wildman–Crippen MR) is 116 cm³/mol. The van der Waals surface area contributed by atoms with Crippen LogP contribution in [0.3, 0.4) is 0 Å². The number of hydrogen-bond acceptors (Lipinski definition) is 3. The first-order chi connectivity index (χ1) is 12.9. The third kappa shape index (κ3) is 4.15. The van der Waals surface area contributed by atoms with Gasteiger partial charge in [-0.3, -0.25) is 5.32 Å². The lowest BCUT2D eigenvalue weighted by atomic mass is 10.2. The largest absolute Gasteiger partial charge is 0.405 e. The van der Waals surface area contributed by atoms with E-state index in [-0.39, 0.29) is 22.7 Å².